The van der Waals surface area contributed by atoms with Gasteiger partial charge in [0, 0.05) is 18.7 Å². The molecule has 6 heteroatoms. The van der Waals surface area contributed by atoms with E-state index >= 15 is 0 Å². The van der Waals surface area contributed by atoms with Gasteiger partial charge in [-0.3, -0.25) is 19.3 Å². The Balaban J connectivity index is 1.64. The van der Waals surface area contributed by atoms with Crippen molar-refractivity contribution >= 4 is 17.7 Å². The van der Waals surface area contributed by atoms with Crippen molar-refractivity contribution in [1.29, 1.82) is 0 Å². The lowest BCUT2D eigenvalue weighted by molar-refractivity contribution is 0.0648. The van der Waals surface area contributed by atoms with E-state index in [0.717, 1.165) is 11.0 Å². The van der Waals surface area contributed by atoms with Crippen molar-refractivity contribution in [1.82, 2.24) is 10.2 Å². The van der Waals surface area contributed by atoms with Crippen molar-refractivity contribution in [2.75, 3.05) is 13.1 Å². The molecule has 116 valence electrons. The summed E-state index contributed by atoms with van der Waals surface area (Å²) < 4.78 is 13.7. The van der Waals surface area contributed by atoms with Crippen LogP contribution >= 0.6 is 0 Å². The minimum Gasteiger partial charge on any atom is -0.350 e. The number of fused-ring (bicyclic) bond motifs is 1. The van der Waals surface area contributed by atoms with Gasteiger partial charge >= 0.3 is 0 Å². The average molecular weight is 312 g/mol. The third kappa shape index (κ3) is 2.70. The summed E-state index contributed by atoms with van der Waals surface area (Å²) in [6.07, 6.45) is 0. The normalized spacial score (nSPS) is 13.2. The maximum absolute atomic E-state index is 13.7. The molecule has 2 aromatic carbocycles. The SMILES string of the molecule is O=C(NCCN1C(=O)c2cccc(F)c2C1=O)c1ccccc1. The highest BCUT2D eigenvalue weighted by Gasteiger charge is 2.37. The number of halogens is 1. The van der Waals surface area contributed by atoms with E-state index in [4.69, 9.17) is 0 Å². The van der Waals surface area contributed by atoms with Crippen LogP contribution in [0.2, 0.25) is 0 Å². The lowest BCUT2D eigenvalue weighted by Gasteiger charge is -2.14. The van der Waals surface area contributed by atoms with Gasteiger partial charge in [-0.15, -0.1) is 0 Å². The maximum atomic E-state index is 13.7. The minimum atomic E-state index is -0.711. The summed E-state index contributed by atoms with van der Waals surface area (Å²) in [5.41, 5.74) is 0.345. The molecule has 0 atom stereocenters. The van der Waals surface area contributed by atoms with Gasteiger partial charge in [0.2, 0.25) is 0 Å². The van der Waals surface area contributed by atoms with Crippen molar-refractivity contribution in [3.63, 3.8) is 0 Å². The highest BCUT2D eigenvalue weighted by molar-refractivity contribution is 6.21. The van der Waals surface area contributed by atoms with Crippen LogP contribution in [0.4, 0.5) is 4.39 Å². The fourth-order valence-corrected chi connectivity index (χ4v) is 2.47. The van der Waals surface area contributed by atoms with Crippen LogP contribution in [0.5, 0.6) is 0 Å². The monoisotopic (exact) mass is 312 g/mol. The summed E-state index contributed by atoms with van der Waals surface area (Å²) in [5.74, 6) is -2.22. The molecule has 1 N–H and O–H groups in total. The van der Waals surface area contributed by atoms with Gasteiger partial charge in [0.25, 0.3) is 17.7 Å². The Morgan fingerprint density at radius 1 is 1.00 bits per heavy atom. The second-order valence-corrected chi connectivity index (χ2v) is 5.05. The topological polar surface area (TPSA) is 66.5 Å². The zero-order valence-electron chi connectivity index (χ0n) is 12.1. The molecule has 0 saturated heterocycles. The molecule has 0 bridgehead atoms. The number of nitrogens with one attached hydrogen (secondary N) is 1. The van der Waals surface area contributed by atoms with E-state index in [9.17, 15) is 18.8 Å². The third-order valence-corrected chi connectivity index (χ3v) is 3.61. The Bertz CT molecular complexity index is 790. The molecule has 3 rings (SSSR count). The predicted molar refractivity (Wildman–Crippen MR) is 80.5 cm³/mol. The predicted octanol–water partition coefficient (Wildman–Crippen LogP) is 1.85. The molecule has 0 radical (unpaired) electrons. The number of hydrogen-bond acceptors (Lipinski definition) is 3. The van der Waals surface area contributed by atoms with Crippen LogP contribution in [0.3, 0.4) is 0 Å². The van der Waals surface area contributed by atoms with Crippen LogP contribution in [0.25, 0.3) is 0 Å². The van der Waals surface area contributed by atoms with Crippen molar-refractivity contribution in [3.8, 4) is 0 Å². The lowest BCUT2D eigenvalue weighted by Crippen LogP contribution is -2.38. The van der Waals surface area contributed by atoms with Gasteiger partial charge in [0.05, 0.1) is 11.1 Å². The van der Waals surface area contributed by atoms with E-state index in [0.29, 0.717) is 5.56 Å². The standard InChI is InChI=1S/C17H13FN2O3/c18-13-8-4-7-12-14(13)17(23)20(16(12)22)10-9-19-15(21)11-5-2-1-3-6-11/h1-8H,9-10H2,(H,19,21). The van der Waals surface area contributed by atoms with E-state index < -0.39 is 17.6 Å². The summed E-state index contributed by atoms with van der Waals surface area (Å²) >= 11 is 0. The van der Waals surface area contributed by atoms with Crippen LogP contribution in [0.1, 0.15) is 31.1 Å². The number of hydrogen-bond donors (Lipinski definition) is 1. The van der Waals surface area contributed by atoms with Crippen molar-refractivity contribution < 1.29 is 18.8 Å². The molecule has 5 nitrogen and oxygen atoms in total. The van der Waals surface area contributed by atoms with Crippen molar-refractivity contribution in [2.24, 2.45) is 0 Å². The first-order valence-corrected chi connectivity index (χ1v) is 7.07. The van der Waals surface area contributed by atoms with E-state index in [2.05, 4.69) is 5.32 Å². The molecule has 3 amide bonds. The summed E-state index contributed by atoms with van der Waals surface area (Å²) in [5, 5.41) is 2.63. The average Bonchev–Trinajstić information content (AvgIpc) is 2.81. The molecule has 0 saturated carbocycles. The maximum Gasteiger partial charge on any atom is 0.264 e. The van der Waals surface area contributed by atoms with Gasteiger partial charge in [-0.2, -0.15) is 0 Å². The van der Waals surface area contributed by atoms with Crippen molar-refractivity contribution in [3.05, 3.63) is 71.0 Å². The molecule has 2 aromatic rings. The second-order valence-electron chi connectivity index (χ2n) is 5.05. The van der Waals surface area contributed by atoms with Gasteiger partial charge in [0.15, 0.2) is 0 Å². The molecule has 0 fully saturated rings. The van der Waals surface area contributed by atoms with Gasteiger partial charge in [-0.25, -0.2) is 4.39 Å². The van der Waals surface area contributed by atoms with E-state index in [1.165, 1.54) is 12.1 Å². The van der Waals surface area contributed by atoms with Crippen LogP contribution in [0.15, 0.2) is 48.5 Å². The van der Waals surface area contributed by atoms with Crippen LogP contribution in [-0.2, 0) is 0 Å². The molecular weight excluding hydrogens is 299 g/mol. The lowest BCUT2D eigenvalue weighted by atomic mass is 10.1. The Hall–Kier alpha value is -3.02. The van der Waals surface area contributed by atoms with E-state index in [1.54, 1.807) is 30.3 Å². The summed E-state index contributed by atoms with van der Waals surface area (Å²) in [6.45, 7) is 0.0885. The fraction of sp³-hybridized carbons (Fsp3) is 0.118. The Kier molecular flexibility index (Phi) is 3.89. The molecule has 0 unspecified atom stereocenters. The first-order chi connectivity index (χ1) is 11.1. The Morgan fingerprint density at radius 2 is 1.74 bits per heavy atom. The second kappa shape index (κ2) is 6.00. The highest BCUT2D eigenvalue weighted by Crippen LogP contribution is 2.24. The quantitative estimate of drug-likeness (QED) is 0.876. The number of carbonyl (C=O) groups excluding carboxylic acids is 3. The van der Waals surface area contributed by atoms with Crippen LogP contribution in [0, 0.1) is 5.82 Å². The summed E-state index contributed by atoms with van der Waals surface area (Å²) in [4.78, 5) is 37.1. The van der Waals surface area contributed by atoms with Crippen LogP contribution < -0.4 is 5.32 Å². The summed E-state index contributed by atoms with van der Waals surface area (Å²) in [7, 11) is 0. The van der Waals surface area contributed by atoms with Crippen LogP contribution in [-0.4, -0.2) is 35.7 Å². The molecule has 1 heterocycles. The summed E-state index contributed by atoms with van der Waals surface area (Å²) in [6, 6.07) is 12.5. The molecule has 1 aliphatic rings. The van der Waals surface area contributed by atoms with Gasteiger partial charge in [-0.1, -0.05) is 24.3 Å². The molecule has 23 heavy (non-hydrogen) atoms. The first kappa shape index (κ1) is 14.9. The molecule has 1 aliphatic heterocycles. The fourth-order valence-electron chi connectivity index (χ4n) is 2.47. The van der Waals surface area contributed by atoms with Gasteiger partial charge in [0.1, 0.15) is 5.82 Å². The van der Waals surface area contributed by atoms with Gasteiger partial charge < -0.3 is 5.32 Å². The first-order valence-electron chi connectivity index (χ1n) is 7.07. The number of rotatable bonds is 4. The molecule has 0 aliphatic carbocycles. The van der Waals surface area contributed by atoms with Gasteiger partial charge in [-0.05, 0) is 24.3 Å². The number of benzene rings is 2. The third-order valence-electron chi connectivity index (χ3n) is 3.61. The van der Waals surface area contributed by atoms with Crippen molar-refractivity contribution in [2.45, 2.75) is 0 Å². The number of amides is 3. The van der Waals surface area contributed by atoms with E-state index in [1.807, 2.05) is 0 Å². The number of imide groups is 1. The number of nitrogens with zero attached hydrogens (tertiary/aromatic N) is 1. The highest BCUT2D eigenvalue weighted by atomic mass is 19.1. The molecule has 0 aromatic heterocycles. The smallest absolute Gasteiger partial charge is 0.264 e. The minimum absolute atomic E-state index is 0.00956. The molecule has 0 spiro atoms. The Labute approximate surface area is 131 Å². The largest absolute Gasteiger partial charge is 0.350 e. The zero-order chi connectivity index (χ0) is 16.4. The zero-order valence-corrected chi connectivity index (χ0v) is 12.1. The number of carbonyl (C=O) groups is 3. The Morgan fingerprint density at radius 3 is 2.43 bits per heavy atom. The van der Waals surface area contributed by atoms with E-state index in [-0.39, 0.29) is 30.1 Å². The molecular formula is C17H13FN2O3.